The molecule has 5 nitrogen and oxygen atoms in total. The molecule has 1 aromatic rings. The lowest BCUT2D eigenvalue weighted by Gasteiger charge is -2.24. The second kappa shape index (κ2) is 6.92. The number of rotatable bonds is 7. The minimum absolute atomic E-state index is 0.186. The summed E-state index contributed by atoms with van der Waals surface area (Å²) < 4.78 is 0. The molecule has 1 aromatic carbocycles. The molecule has 4 N–H and O–H groups in total. The van der Waals surface area contributed by atoms with E-state index in [4.69, 9.17) is 16.7 Å². The Kier molecular flexibility index (Phi) is 5.53. The minimum Gasteiger partial charge on any atom is -0.399 e. The fraction of sp³-hybridized carbons (Fsp3) is 0.467. The zero-order valence-electron chi connectivity index (χ0n) is 12.1. The maximum Gasteiger partial charge on any atom is 0.231 e. The van der Waals surface area contributed by atoms with Crippen molar-refractivity contribution < 1.29 is 4.79 Å². The molecule has 0 fully saturated rings. The van der Waals surface area contributed by atoms with Crippen molar-refractivity contribution >= 4 is 11.6 Å². The summed E-state index contributed by atoms with van der Waals surface area (Å²) in [6.45, 7) is 5.22. The monoisotopic (exact) mass is 274 g/mol. The van der Waals surface area contributed by atoms with Crippen LogP contribution in [0.1, 0.15) is 25.8 Å². The maximum absolute atomic E-state index is 11.1. The fourth-order valence-electron chi connectivity index (χ4n) is 1.81. The van der Waals surface area contributed by atoms with E-state index in [0.717, 1.165) is 5.56 Å². The van der Waals surface area contributed by atoms with Crippen molar-refractivity contribution in [2.75, 3.05) is 18.8 Å². The van der Waals surface area contributed by atoms with Crippen LogP contribution >= 0.6 is 0 Å². The Balaban J connectivity index is 2.67. The average Bonchev–Trinajstić information content (AvgIpc) is 2.38. The van der Waals surface area contributed by atoms with Gasteiger partial charge in [-0.3, -0.25) is 9.69 Å². The Morgan fingerprint density at radius 3 is 2.45 bits per heavy atom. The third-order valence-corrected chi connectivity index (χ3v) is 3.12. The molecule has 0 radical (unpaired) electrons. The van der Waals surface area contributed by atoms with Crippen LogP contribution < -0.4 is 11.5 Å². The molecule has 0 bridgehead atoms. The first kappa shape index (κ1) is 16.0. The highest BCUT2D eigenvalue weighted by molar-refractivity contribution is 5.75. The number of nitriles is 1. The van der Waals surface area contributed by atoms with Gasteiger partial charge >= 0.3 is 0 Å². The Hall–Kier alpha value is -2.06. The van der Waals surface area contributed by atoms with Crippen molar-refractivity contribution in [1.29, 1.82) is 5.26 Å². The fourth-order valence-corrected chi connectivity index (χ4v) is 1.81. The Labute approximate surface area is 120 Å². The summed E-state index contributed by atoms with van der Waals surface area (Å²) in [5.41, 5.74) is 12.3. The quantitative estimate of drug-likeness (QED) is 0.736. The molecule has 108 valence electrons. The number of primary amides is 1. The van der Waals surface area contributed by atoms with Crippen LogP contribution in [0.3, 0.4) is 0 Å². The summed E-state index contributed by atoms with van der Waals surface area (Å²) in [5.74, 6) is -0.366. The number of anilines is 1. The Morgan fingerprint density at radius 2 is 1.95 bits per heavy atom. The van der Waals surface area contributed by atoms with E-state index in [-0.39, 0.29) is 12.5 Å². The standard InChI is InChI=1S/C15H22N4O/c1-15(2,11-16)7-8-19(10-14(18)20)9-12-3-5-13(17)6-4-12/h3-6H,7-10,17H2,1-2H3,(H2,18,20). The maximum atomic E-state index is 11.1. The van der Waals surface area contributed by atoms with Crippen LogP contribution in [0.2, 0.25) is 0 Å². The normalized spacial score (nSPS) is 11.3. The summed E-state index contributed by atoms with van der Waals surface area (Å²) in [6, 6.07) is 9.78. The lowest BCUT2D eigenvalue weighted by molar-refractivity contribution is -0.119. The SMILES string of the molecule is CC(C)(C#N)CCN(CC(N)=O)Cc1ccc(N)cc1. The molecule has 1 amide bonds. The molecule has 0 atom stereocenters. The molecule has 5 heteroatoms. The highest BCUT2D eigenvalue weighted by atomic mass is 16.1. The van der Waals surface area contributed by atoms with Gasteiger partial charge in [-0.25, -0.2) is 0 Å². The highest BCUT2D eigenvalue weighted by Crippen LogP contribution is 2.19. The number of benzene rings is 1. The Bertz CT molecular complexity index is 488. The zero-order valence-corrected chi connectivity index (χ0v) is 12.1. The molecule has 0 heterocycles. The number of nitrogen functional groups attached to an aromatic ring is 1. The van der Waals surface area contributed by atoms with Crippen LogP contribution in [0.25, 0.3) is 0 Å². The van der Waals surface area contributed by atoms with Gasteiger partial charge in [0.15, 0.2) is 0 Å². The number of amides is 1. The number of hydrogen-bond donors (Lipinski definition) is 2. The van der Waals surface area contributed by atoms with Gasteiger partial charge in [0.2, 0.25) is 5.91 Å². The third-order valence-electron chi connectivity index (χ3n) is 3.12. The van der Waals surface area contributed by atoms with E-state index in [1.807, 2.05) is 43.0 Å². The van der Waals surface area contributed by atoms with Crippen molar-refractivity contribution in [2.45, 2.75) is 26.8 Å². The number of hydrogen-bond acceptors (Lipinski definition) is 4. The summed E-state index contributed by atoms with van der Waals surface area (Å²) in [6.07, 6.45) is 0.686. The second-order valence-corrected chi connectivity index (χ2v) is 5.66. The summed E-state index contributed by atoms with van der Waals surface area (Å²) in [5, 5.41) is 9.04. The first-order valence-electron chi connectivity index (χ1n) is 6.59. The molecular weight excluding hydrogens is 252 g/mol. The lowest BCUT2D eigenvalue weighted by Crippen LogP contribution is -2.35. The van der Waals surface area contributed by atoms with Crippen molar-refractivity contribution in [3.63, 3.8) is 0 Å². The van der Waals surface area contributed by atoms with Gasteiger partial charge in [-0.2, -0.15) is 5.26 Å². The zero-order chi connectivity index (χ0) is 15.2. The molecule has 0 spiro atoms. The molecular formula is C15H22N4O. The molecule has 0 aliphatic heterocycles. The van der Waals surface area contributed by atoms with E-state index in [0.29, 0.717) is 25.2 Å². The van der Waals surface area contributed by atoms with E-state index in [1.165, 1.54) is 0 Å². The summed E-state index contributed by atoms with van der Waals surface area (Å²) >= 11 is 0. The molecule has 0 aliphatic carbocycles. The second-order valence-electron chi connectivity index (χ2n) is 5.66. The largest absolute Gasteiger partial charge is 0.399 e. The van der Waals surface area contributed by atoms with Crippen LogP contribution in [0.4, 0.5) is 5.69 Å². The predicted molar refractivity (Wildman–Crippen MR) is 79.3 cm³/mol. The van der Waals surface area contributed by atoms with E-state index in [9.17, 15) is 4.79 Å². The van der Waals surface area contributed by atoms with Crippen LogP contribution in [-0.4, -0.2) is 23.9 Å². The van der Waals surface area contributed by atoms with E-state index in [1.54, 1.807) is 0 Å². The minimum atomic E-state index is -0.406. The van der Waals surface area contributed by atoms with Crippen LogP contribution in [0, 0.1) is 16.7 Å². The Morgan fingerprint density at radius 1 is 1.35 bits per heavy atom. The third kappa shape index (κ3) is 5.72. The molecule has 0 aromatic heterocycles. The predicted octanol–water partition coefficient (Wildman–Crippen LogP) is 1.50. The van der Waals surface area contributed by atoms with Gasteiger partial charge in [-0.1, -0.05) is 12.1 Å². The summed E-state index contributed by atoms with van der Waals surface area (Å²) in [7, 11) is 0. The van der Waals surface area contributed by atoms with Crippen LogP contribution in [-0.2, 0) is 11.3 Å². The molecule has 0 saturated heterocycles. The molecule has 0 saturated carbocycles. The van der Waals surface area contributed by atoms with Crippen LogP contribution in [0.5, 0.6) is 0 Å². The van der Waals surface area contributed by atoms with E-state index in [2.05, 4.69) is 6.07 Å². The number of nitrogens with zero attached hydrogens (tertiary/aromatic N) is 2. The van der Waals surface area contributed by atoms with Gasteiger partial charge in [-0.15, -0.1) is 0 Å². The number of carbonyl (C=O) groups is 1. The van der Waals surface area contributed by atoms with Crippen LogP contribution in [0.15, 0.2) is 24.3 Å². The van der Waals surface area contributed by atoms with Gasteiger partial charge in [0.1, 0.15) is 0 Å². The molecule has 1 rings (SSSR count). The van der Waals surface area contributed by atoms with Crippen molar-refractivity contribution in [3.05, 3.63) is 29.8 Å². The van der Waals surface area contributed by atoms with E-state index >= 15 is 0 Å². The number of nitrogens with two attached hydrogens (primary N) is 2. The topological polar surface area (TPSA) is 96.1 Å². The molecule has 0 unspecified atom stereocenters. The molecule has 20 heavy (non-hydrogen) atoms. The first-order chi connectivity index (χ1) is 9.32. The van der Waals surface area contributed by atoms with Gasteiger partial charge in [0.05, 0.1) is 18.0 Å². The van der Waals surface area contributed by atoms with Crippen molar-refractivity contribution in [3.8, 4) is 6.07 Å². The number of carbonyl (C=O) groups excluding carboxylic acids is 1. The average molecular weight is 274 g/mol. The highest BCUT2D eigenvalue weighted by Gasteiger charge is 2.19. The van der Waals surface area contributed by atoms with Gasteiger partial charge in [0.25, 0.3) is 0 Å². The summed E-state index contributed by atoms with van der Waals surface area (Å²) in [4.78, 5) is 13.1. The van der Waals surface area contributed by atoms with E-state index < -0.39 is 5.41 Å². The van der Waals surface area contributed by atoms with Crippen molar-refractivity contribution in [2.24, 2.45) is 11.1 Å². The van der Waals surface area contributed by atoms with Gasteiger partial charge in [-0.05, 0) is 38.0 Å². The van der Waals surface area contributed by atoms with Gasteiger partial charge < -0.3 is 11.5 Å². The lowest BCUT2D eigenvalue weighted by atomic mass is 9.91. The first-order valence-corrected chi connectivity index (χ1v) is 6.59. The van der Waals surface area contributed by atoms with Crippen molar-refractivity contribution in [1.82, 2.24) is 4.90 Å². The molecule has 0 aliphatic rings. The van der Waals surface area contributed by atoms with Gasteiger partial charge in [0, 0.05) is 18.8 Å². The smallest absolute Gasteiger partial charge is 0.231 e.